The van der Waals surface area contributed by atoms with Gasteiger partial charge in [-0.2, -0.15) is 0 Å². The average molecular weight is 453 g/mol. The highest BCUT2D eigenvalue weighted by Gasteiger charge is 2.60. The van der Waals surface area contributed by atoms with Crippen LogP contribution in [0.25, 0.3) is 0 Å². The molecule has 0 aromatic carbocycles. The fourth-order valence-corrected chi connectivity index (χ4v) is 9.18. The van der Waals surface area contributed by atoms with E-state index in [4.69, 9.17) is 0 Å². The van der Waals surface area contributed by atoms with Gasteiger partial charge in [0.05, 0.1) is 0 Å². The third-order valence-corrected chi connectivity index (χ3v) is 10.9. The van der Waals surface area contributed by atoms with E-state index in [1.54, 1.807) is 5.57 Å². The van der Waals surface area contributed by atoms with Crippen LogP contribution in [-0.4, -0.2) is 0 Å². The number of fused-ring (bicyclic) bond motifs is 5. The molecule has 4 aliphatic rings. The topological polar surface area (TPSA) is 0 Å². The lowest BCUT2D eigenvalue weighted by atomic mass is 9.44. The van der Waals surface area contributed by atoms with Crippen LogP contribution in [-0.2, 0) is 0 Å². The highest BCUT2D eigenvalue weighted by atomic mass is 14.6. The summed E-state index contributed by atoms with van der Waals surface area (Å²) >= 11 is 0. The van der Waals surface area contributed by atoms with Crippen LogP contribution in [0.3, 0.4) is 0 Å². The van der Waals surface area contributed by atoms with E-state index in [0.29, 0.717) is 10.8 Å². The fraction of sp³-hybridized carbons (Fsp3) is 0.818. The predicted molar refractivity (Wildman–Crippen MR) is 147 cm³/mol. The molecule has 3 fully saturated rings. The summed E-state index contributed by atoms with van der Waals surface area (Å²) in [7, 11) is 0. The maximum Gasteiger partial charge on any atom is -0.00788 e. The standard InChI is InChI=1S/C31H50.C2H6/c1-8-10-24-20-25-19-22(4)15-17-30(25,6)28-16-18-31(7)26(13-14-27(31)29(24)28)23(5)12-9-11-21(2)3;1-2/h8,20-21,23-24,26-29H,1,4,9-19H2,2-3,5-7H3;1-2H3. The zero-order valence-electron chi connectivity index (χ0n) is 23.4. The van der Waals surface area contributed by atoms with Crippen LogP contribution in [0.2, 0.25) is 0 Å². The van der Waals surface area contributed by atoms with Gasteiger partial charge >= 0.3 is 0 Å². The number of hydrogen-bond donors (Lipinski definition) is 0. The van der Waals surface area contributed by atoms with Crippen molar-refractivity contribution < 1.29 is 0 Å². The van der Waals surface area contributed by atoms with Gasteiger partial charge in [-0.05, 0) is 104 Å². The first-order chi connectivity index (χ1) is 15.7. The van der Waals surface area contributed by atoms with E-state index >= 15 is 0 Å². The highest BCUT2D eigenvalue weighted by Crippen LogP contribution is 2.68. The third-order valence-electron chi connectivity index (χ3n) is 10.9. The second-order valence-electron chi connectivity index (χ2n) is 13.0. The lowest BCUT2D eigenvalue weighted by molar-refractivity contribution is -0.0672. The molecule has 0 heterocycles. The van der Waals surface area contributed by atoms with Crippen molar-refractivity contribution in [3.8, 4) is 0 Å². The maximum absolute atomic E-state index is 4.38. The van der Waals surface area contributed by atoms with E-state index < -0.39 is 0 Å². The van der Waals surface area contributed by atoms with Gasteiger partial charge in [-0.3, -0.25) is 0 Å². The SMILES string of the molecule is C=CCC1C=C2CC(=C)CCC2(C)C2CCC3(C)C(C(C)CCCC(C)C)CCC3C12.CC. The molecule has 8 atom stereocenters. The van der Waals surface area contributed by atoms with Crippen molar-refractivity contribution in [3.05, 3.63) is 36.5 Å². The zero-order valence-corrected chi connectivity index (χ0v) is 23.4. The molecule has 4 aliphatic carbocycles. The molecule has 8 unspecified atom stereocenters. The predicted octanol–water partition coefficient (Wildman–Crippen LogP) is 10.4. The molecule has 33 heavy (non-hydrogen) atoms. The number of hydrogen-bond acceptors (Lipinski definition) is 0. The van der Waals surface area contributed by atoms with Crippen LogP contribution < -0.4 is 0 Å². The molecule has 0 amide bonds. The van der Waals surface area contributed by atoms with Gasteiger partial charge in [0.1, 0.15) is 0 Å². The monoisotopic (exact) mass is 452 g/mol. The van der Waals surface area contributed by atoms with Gasteiger partial charge in [-0.25, -0.2) is 0 Å². The first-order valence-electron chi connectivity index (χ1n) is 14.7. The largest absolute Gasteiger partial charge is 0.103 e. The zero-order chi connectivity index (χ0) is 24.4. The quantitative estimate of drug-likeness (QED) is 0.337. The Balaban J connectivity index is 0.00000149. The van der Waals surface area contributed by atoms with E-state index in [-0.39, 0.29) is 0 Å². The van der Waals surface area contributed by atoms with Gasteiger partial charge in [0.15, 0.2) is 0 Å². The summed E-state index contributed by atoms with van der Waals surface area (Å²) in [6.45, 7) is 25.3. The molecule has 0 aromatic rings. The summed E-state index contributed by atoms with van der Waals surface area (Å²) in [5, 5.41) is 0. The summed E-state index contributed by atoms with van der Waals surface area (Å²) in [5.41, 5.74) is 4.22. The number of allylic oxidation sites excluding steroid dienone is 4. The molecule has 0 saturated heterocycles. The van der Waals surface area contributed by atoms with E-state index in [0.717, 1.165) is 41.4 Å². The second kappa shape index (κ2) is 10.9. The Morgan fingerprint density at radius 3 is 2.42 bits per heavy atom. The van der Waals surface area contributed by atoms with Crippen LogP contribution >= 0.6 is 0 Å². The van der Waals surface area contributed by atoms with Gasteiger partial charge in [0.2, 0.25) is 0 Å². The first-order valence-corrected chi connectivity index (χ1v) is 14.7. The van der Waals surface area contributed by atoms with Gasteiger partial charge in [-0.15, -0.1) is 6.58 Å². The molecule has 188 valence electrons. The Hall–Kier alpha value is -0.780. The minimum Gasteiger partial charge on any atom is -0.103 e. The van der Waals surface area contributed by atoms with Crippen molar-refractivity contribution in [1.29, 1.82) is 0 Å². The lowest BCUT2D eigenvalue weighted by Crippen LogP contribution is -2.52. The van der Waals surface area contributed by atoms with Crippen LogP contribution in [0.1, 0.15) is 119 Å². The summed E-state index contributed by atoms with van der Waals surface area (Å²) in [6, 6.07) is 0. The molecule has 0 radical (unpaired) electrons. The van der Waals surface area contributed by atoms with E-state index in [2.05, 4.69) is 59.9 Å². The van der Waals surface area contributed by atoms with Crippen molar-refractivity contribution in [2.24, 2.45) is 52.3 Å². The Morgan fingerprint density at radius 2 is 1.76 bits per heavy atom. The average Bonchev–Trinajstić information content (AvgIpc) is 3.13. The Bertz CT molecular complexity index is 710. The second-order valence-corrected chi connectivity index (χ2v) is 13.0. The van der Waals surface area contributed by atoms with Crippen LogP contribution in [0.5, 0.6) is 0 Å². The molecule has 0 nitrogen and oxygen atoms in total. The van der Waals surface area contributed by atoms with Gasteiger partial charge in [0, 0.05) is 0 Å². The Morgan fingerprint density at radius 1 is 1.03 bits per heavy atom. The smallest absolute Gasteiger partial charge is 0.00788 e. The molecule has 0 aromatic heterocycles. The Kier molecular flexibility index (Phi) is 8.83. The summed E-state index contributed by atoms with van der Waals surface area (Å²) in [5.74, 6) is 6.10. The first kappa shape index (κ1) is 26.8. The minimum absolute atomic E-state index is 0.436. The molecule has 0 aliphatic heterocycles. The highest BCUT2D eigenvalue weighted by molar-refractivity contribution is 5.32. The molecule has 0 heteroatoms. The van der Waals surface area contributed by atoms with Crippen LogP contribution in [0.4, 0.5) is 0 Å². The normalized spacial score (nSPS) is 40.7. The van der Waals surface area contributed by atoms with Crippen molar-refractivity contribution >= 4 is 0 Å². The van der Waals surface area contributed by atoms with Crippen molar-refractivity contribution in [2.45, 2.75) is 119 Å². The van der Waals surface area contributed by atoms with Gasteiger partial charge in [0.25, 0.3) is 0 Å². The van der Waals surface area contributed by atoms with Crippen LogP contribution in [0.15, 0.2) is 36.5 Å². The van der Waals surface area contributed by atoms with Crippen molar-refractivity contribution in [3.63, 3.8) is 0 Å². The molecule has 0 N–H and O–H groups in total. The van der Waals surface area contributed by atoms with E-state index in [1.165, 1.54) is 76.2 Å². The molecule has 0 spiro atoms. The summed E-state index contributed by atoms with van der Waals surface area (Å²) in [4.78, 5) is 0. The fourth-order valence-electron chi connectivity index (χ4n) is 9.18. The third kappa shape index (κ3) is 4.97. The van der Waals surface area contributed by atoms with Gasteiger partial charge < -0.3 is 0 Å². The molecule has 3 saturated carbocycles. The lowest BCUT2D eigenvalue weighted by Gasteiger charge is -2.60. The van der Waals surface area contributed by atoms with E-state index in [9.17, 15) is 0 Å². The Labute approximate surface area is 207 Å². The molecular formula is C33H56. The minimum atomic E-state index is 0.436. The molecular weight excluding hydrogens is 396 g/mol. The van der Waals surface area contributed by atoms with Crippen molar-refractivity contribution in [1.82, 2.24) is 0 Å². The molecule has 4 rings (SSSR count). The van der Waals surface area contributed by atoms with Crippen LogP contribution in [0, 0.1) is 52.3 Å². The maximum atomic E-state index is 4.38. The van der Waals surface area contributed by atoms with Gasteiger partial charge in [-0.1, -0.05) is 97.6 Å². The number of rotatable bonds is 7. The summed E-state index contributed by atoms with van der Waals surface area (Å²) < 4.78 is 0. The summed E-state index contributed by atoms with van der Waals surface area (Å²) in [6.07, 6.45) is 20.1. The molecule has 0 bridgehead atoms. The van der Waals surface area contributed by atoms with E-state index in [1.807, 2.05) is 13.8 Å². The van der Waals surface area contributed by atoms with Crippen molar-refractivity contribution in [2.75, 3.05) is 0 Å².